The molecule has 6 N–H and O–H groups in total. The van der Waals surface area contributed by atoms with Crippen LogP contribution in [0.25, 0.3) is 0 Å². The maximum atomic E-state index is 13.3. The van der Waals surface area contributed by atoms with Gasteiger partial charge in [-0.1, -0.05) is 36.4 Å². The van der Waals surface area contributed by atoms with Gasteiger partial charge in [0.05, 0.1) is 23.3 Å². The summed E-state index contributed by atoms with van der Waals surface area (Å²) < 4.78 is 11.2. The number of ketones is 1. The van der Waals surface area contributed by atoms with Crippen molar-refractivity contribution in [3.8, 4) is 11.5 Å². The maximum Gasteiger partial charge on any atom is 0.340 e. The van der Waals surface area contributed by atoms with Crippen LogP contribution in [-0.4, -0.2) is 73.1 Å². The van der Waals surface area contributed by atoms with Gasteiger partial charge in [-0.05, 0) is 41.0 Å². The fourth-order valence-corrected chi connectivity index (χ4v) is 5.00. The van der Waals surface area contributed by atoms with Gasteiger partial charge >= 0.3 is 5.97 Å². The summed E-state index contributed by atoms with van der Waals surface area (Å²) in [6.07, 6.45) is -8.46. The highest BCUT2D eigenvalue weighted by Gasteiger charge is 2.51. The van der Waals surface area contributed by atoms with E-state index in [1.807, 2.05) is 0 Å². The fraction of sp³-hybridized carbons (Fsp3) is 0.259. The number of fused-ring (bicyclic) bond motifs is 2. The van der Waals surface area contributed by atoms with Crippen LogP contribution in [-0.2, 0) is 16.1 Å². The van der Waals surface area contributed by atoms with Crippen LogP contribution in [0.15, 0.2) is 60.7 Å². The lowest BCUT2D eigenvalue weighted by Crippen LogP contribution is -2.60. The molecule has 10 heteroatoms. The molecule has 1 heterocycles. The third-order valence-electron chi connectivity index (χ3n) is 6.76. The lowest BCUT2D eigenvalue weighted by Gasteiger charge is -2.44. The first-order chi connectivity index (χ1) is 17.7. The Balaban J connectivity index is 1.61. The minimum atomic E-state index is -1.82. The van der Waals surface area contributed by atoms with E-state index in [-0.39, 0.29) is 39.1 Å². The summed E-state index contributed by atoms with van der Waals surface area (Å²) in [6.45, 7) is -0.471. The smallest absolute Gasteiger partial charge is 0.340 e. The van der Waals surface area contributed by atoms with E-state index in [9.17, 15) is 40.2 Å². The minimum Gasteiger partial charge on any atom is -0.507 e. The van der Waals surface area contributed by atoms with Gasteiger partial charge in [0, 0.05) is 5.92 Å². The molecular weight excluding hydrogens is 484 g/mol. The van der Waals surface area contributed by atoms with Crippen molar-refractivity contribution in [3.05, 3.63) is 94.0 Å². The zero-order valence-electron chi connectivity index (χ0n) is 19.3. The average Bonchev–Trinajstić information content (AvgIpc) is 2.89. The molecule has 1 fully saturated rings. The Morgan fingerprint density at radius 3 is 2.24 bits per heavy atom. The van der Waals surface area contributed by atoms with Gasteiger partial charge in [-0.15, -0.1) is 0 Å². The number of carbonyl (C=O) groups is 2. The molecule has 3 aromatic rings. The molecule has 1 saturated heterocycles. The number of benzene rings is 3. The number of phenolic OH excluding ortho intramolecular Hbond substituents is 2. The molecule has 5 rings (SSSR count). The maximum absolute atomic E-state index is 13.3. The summed E-state index contributed by atoms with van der Waals surface area (Å²) in [6, 6.07) is 14.8. The van der Waals surface area contributed by atoms with Crippen molar-refractivity contribution in [2.45, 2.75) is 43.2 Å². The predicted molar refractivity (Wildman–Crippen MR) is 126 cm³/mol. The fourth-order valence-electron chi connectivity index (χ4n) is 5.00. The van der Waals surface area contributed by atoms with Crippen LogP contribution in [0.3, 0.4) is 0 Å². The molecule has 0 spiro atoms. The van der Waals surface area contributed by atoms with E-state index < -0.39 is 60.7 Å². The molecule has 0 amide bonds. The second-order valence-electron chi connectivity index (χ2n) is 9.00. The van der Waals surface area contributed by atoms with Gasteiger partial charge < -0.3 is 40.1 Å². The monoisotopic (exact) mass is 508 g/mol. The Morgan fingerprint density at radius 2 is 1.54 bits per heavy atom. The van der Waals surface area contributed by atoms with E-state index in [0.29, 0.717) is 0 Å². The van der Waals surface area contributed by atoms with Crippen molar-refractivity contribution in [1.82, 2.24) is 0 Å². The van der Waals surface area contributed by atoms with Crippen molar-refractivity contribution in [2.75, 3.05) is 0 Å². The highest BCUT2D eigenvalue weighted by Crippen LogP contribution is 2.47. The topological polar surface area (TPSA) is 174 Å². The van der Waals surface area contributed by atoms with Gasteiger partial charge in [0.2, 0.25) is 12.1 Å². The highest BCUT2D eigenvalue weighted by atomic mass is 16.7. The number of rotatable bonds is 4. The van der Waals surface area contributed by atoms with Crippen LogP contribution in [0.2, 0.25) is 0 Å². The van der Waals surface area contributed by atoms with Crippen molar-refractivity contribution in [1.29, 1.82) is 0 Å². The first-order valence-corrected chi connectivity index (χ1v) is 11.5. The van der Waals surface area contributed by atoms with Crippen molar-refractivity contribution in [2.24, 2.45) is 0 Å². The number of hydrogen-bond donors (Lipinski definition) is 6. The second kappa shape index (κ2) is 9.58. The first-order valence-electron chi connectivity index (χ1n) is 11.5. The van der Waals surface area contributed by atoms with Gasteiger partial charge in [0.1, 0.15) is 35.9 Å². The summed E-state index contributed by atoms with van der Waals surface area (Å²) in [5.74, 6) is -3.43. The molecule has 0 radical (unpaired) electrons. The van der Waals surface area contributed by atoms with Crippen molar-refractivity contribution in [3.63, 3.8) is 0 Å². The van der Waals surface area contributed by atoms with Gasteiger partial charge in [-0.25, -0.2) is 4.79 Å². The number of ether oxygens (including phenoxy) is 2. The van der Waals surface area contributed by atoms with Crippen LogP contribution < -0.4 is 0 Å². The summed E-state index contributed by atoms with van der Waals surface area (Å²) in [5, 5.41) is 63.1. The van der Waals surface area contributed by atoms with Gasteiger partial charge in [0.25, 0.3) is 0 Å². The zero-order valence-corrected chi connectivity index (χ0v) is 19.3. The number of esters is 1. The van der Waals surface area contributed by atoms with E-state index in [4.69, 9.17) is 9.47 Å². The lowest BCUT2D eigenvalue weighted by atomic mass is 9.71. The Morgan fingerprint density at radius 1 is 0.838 bits per heavy atom. The molecule has 0 bridgehead atoms. The summed E-state index contributed by atoms with van der Waals surface area (Å²) in [5.41, 5.74) is 0.486. The van der Waals surface area contributed by atoms with E-state index in [2.05, 4.69) is 0 Å². The molecule has 37 heavy (non-hydrogen) atoms. The summed E-state index contributed by atoms with van der Waals surface area (Å²) in [4.78, 5) is 25.9. The third kappa shape index (κ3) is 4.14. The molecular formula is C27H24O10. The molecule has 0 saturated carbocycles. The molecule has 192 valence electrons. The van der Waals surface area contributed by atoms with E-state index in [1.165, 1.54) is 42.5 Å². The zero-order chi connectivity index (χ0) is 26.4. The Labute approximate surface area is 210 Å². The molecule has 1 aliphatic carbocycles. The number of aliphatic hydroxyl groups excluding tert-OH is 4. The lowest BCUT2D eigenvalue weighted by molar-refractivity contribution is -0.282. The van der Waals surface area contributed by atoms with E-state index >= 15 is 0 Å². The molecule has 0 unspecified atom stereocenters. The largest absolute Gasteiger partial charge is 0.507 e. The van der Waals surface area contributed by atoms with Gasteiger partial charge in [-0.2, -0.15) is 0 Å². The SMILES string of the molecule is O=C(O[C@@H]1O[C@@H]([C@@H]2c3cccc(O)c3C(=O)c3c(O)cc(CO)cc32)[C@H](O)[C@@H](O)[C@@H]1O)c1ccccc1. The number of hydrogen-bond acceptors (Lipinski definition) is 10. The number of aromatic hydroxyl groups is 2. The average molecular weight is 508 g/mol. The third-order valence-corrected chi connectivity index (χ3v) is 6.76. The van der Waals surface area contributed by atoms with E-state index in [0.717, 1.165) is 0 Å². The normalized spacial score (nSPS) is 26.8. The molecule has 10 nitrogen and oxygen atoms in total. The highest BCUT2D eigenvalue weighted by molar-refractivity contribution is 6.16. The van der Waals surface area contributed by atoms with Gasteiger partial charge in [0.15, 0.2) is 0 Å². The Hall–Kier alpha value is -3.80. The van der Waals surface area contributed by atoms with Crippen LogP contribution >= 0.6 is 0 Å². The van der Waals surface area contributed by atoms with Crippen LogP contribution in [0.1, 0.15) is 48.9 Å². The van der Waals surface area contributed by atoms with Crippen LogP contribution in [0, 0.1) is 0 Å². The second-order valence-corrected chi connectivity index (χ2v) is 9.00. The number of phenols is 2. The quantitative estimate of drug-likeness (QED) is 0.278. The van der Waals surface area contributed by atoms with Crippen LogP contribution in [0.5, 0.6) is 11.5 Å². The first kappa shape index (κ1) is 24.9. The predicted octanol–water partition coefficient (Wildman–Crippen LogP) is 0.931. The number of aliphatic hydroxyl groups is 4. The van der Waals surface area contributed by atoms with Gasteiger partial charge in [-0.3, -0.25) is 4.79 Å². The number of carbonyl (C=O) groups excluding carboxylic acids is 2. The molecule has 2 aliphatic rings. The Bertz CT molecular complexity index is 1350. The summed E-state index contributed by atoms with van der Waals surface area (Å²) in [7, 11) is 0. The van der Waals surface area contributed by atoms with Crippen molar-refractivity contribution < 1.29 is 49.7 Å². The molecule has 0 aromatic heterocycles. The van der Waals surface area contributed by atoms with Crippen molar-refractivity contribution >= 4 is 11.8 Å². The van der Waals surface area contributed by atoms with E-state index in [1.54, 1.807) is 18.2 Å². The standard InChI is InChI=1S/C27H24O10/c28-11-12-9-15-18(14-7-4-8-16(29)19(14)21(31)20(15)17(30)10-12)25-23(33)22(32)24(34)27(36-25)37-26(35)13-5-2-1-3-6-13/h1-10,18,22-25,27-30,32-34H,11H2/t18-,22-,23-,24+,25+,27+/m1/s1. The molecule has 3 aromatic carbocycles. The minimum absolute atomic E-state index is 0.138. The van der Waals surface area contributed by atoms with Crippen LogP contribution in [0.4, 0.5) is 0 Å². The molecule has 1 aliphatic heterocycles. The summed E-state index contributed by atoms with van der Waals surface area (Å²) >= 11 is 0. The molecule has 6 atom stereocenters. The Kier molecular flexibility index (Phi) is 6.44.